The smallest absolute Gasteiger partial charge is 0.0434 e. The molecule has 1 aromatic carbocycles. The summed E-state index contributed by atoms with van der Waals surface area (Å²) in [5, 5.41) is 12.3. The van der Waals surface area contributed by atoms with Crippen molar-refractivity contribution < 1.29 is 5.11 Å². The number of piperidine rings is 1. The van der Waals surface area contributed by atoms with Crippen molar-refractivity contribution in [1.82, 2.24) is 5.32 Å². The molecule has 0 aliphatic carbocycles. The summed E-state index contributed by atoms with van der Waals surface area (Å²) in [6.45, 7) is 2.65. The van der Waals surface area contributed by atoms with Gasteiger partial charge in [0.15, 0.2) is 0 Å². The fraction of sp³-hybridized carbons (Fsp3) is 0.600. The zero-order valence-corrected chi connectivity index (χ0v) is 10.5. The Balaban J connectivity index is 1.84. The van der Waals surface area contributed by atoms with Crippen LogP contribution in [0.15, 0.2) is 24.3 Å². The summed E-state index contributed by atoms with van der Waals surface area (Å²) in [4.78, 5) is 0. The molecular weight excluding hydrogens is 210 g/mol. The first kappa shape index (κ1) is 12.6. The summed E-state index contributed by atoms with van der Waals surface area (Å²) < 4.78 is 0. The molecule has 0 aromatic heterocycles. The Morgan fingerprint density at radius 1 is 1.18 bits per heavy atom. The maximum Gasteiger partial charge on any atom is 0.0434 e. The molecule has 1 unspecified atom stereocenters. The normalized spacial score (nSPS) is 20.4. The lowest BCUT2D eigenvalue weighted by Crippen LogP contribution is -2.30. The van der Waals surface area contributed by atoms with Gasteiger partial charge in [0.05, 0.1) is 0 Å². The topological polar surface area (TPSA) is 32.3 Å². The number of rotatable bonds is 5. The van der Waals surface area contributed by atoms with Crippen LogP contribution in [-0.2, 0) is 12.8 Å². The average Bonchev–Trinajstić information content (AvgIpc) is 2.39. The Bertz CT molecular complexity index is 314. The largest absolute Gasteiger partial charge is 0.396 e. The molecule has 0 amide bonds. The van der Waals surface area contributed by atoms with E-state index in [1.54, 1.807) is 0 Å². The highest BCUT2D eigenvalue weighted by molar-refractivity contribution is 5.23. The van der Waals surface area contributed by atoms with E-state index in [0.717, 1.165) is 18.8 Å². The summed E-state index contributed by atoms with van der Waals surface area (Å²) in [6.07, 6.45) is 5.74. The van der Waals surface area contributed by atoms with Gasteiger partial charge in [0.1, 0.15) is 0 Å². The van der Waals surface area contributed by atoms with Gasteiger partial charge < -0.3 is 10.4 Å². The van der Waals surface area contributed by atoms with Crippen LogP contribution in [0.5, 0.6) is 0 Å². The Labute approximate surface area is 104 Å². The van der Waals surface area contributed by atoms with E-state index >= 15 is 0 Å². The van der Waals surface area contributed by atoms with Gasteiger partial charge in [-0.1, -0.05) is 24.3 Å². The molecule has 2 nitrogen and oxygen atoms in total. The highest BCUT2D eigenvalue weighted by atomic mass is 16.2. The Kier molecular flexibility index (Phi) is 5.02. The molecule has 1 fully saturated rings. The van der Waals surface area contributed by atoms with Gasteiger partial charge in [0.2, 0.25) is 0 Å². The Hall–Kier alpha value is -0.860. The van der Waals surface area contributed by atoms with Crippen molar-refractivity contribution in [2.24, 2.45) is 5.92 Å². The third-order valence-corrected chi connectivity index (χ3v) is 3.57. The fourth-order valence-corrected chi connectivity index (χ4v) is 2.56. The maximum atomic E-state index is 8.79. The van der Waals surface area contributed by atoms with Gasteiger partial charge in [-0.15, -0.1) is 0 Å². The van der Waals surface area contributed by atoms with E-state index in [0.29, 0.717) is 0 Å². The summed E-state index contributed by atoms with van der Waals surface area (Å²) in [5.74, 6) is 0.812. The predicted molar refractivity (Wildman–Crippen MR) is 71.1 cm³/mol. The third-order valence-electron chi connectivity index (χ3n) is 3.57. The van der Waals surface area contributed by atoms with E-state index in [9.17, 15) is 0 Å². The highest BCUT2D eigenvalue weighted by Gasteiger charge is 2.13. The average molecular weight is 233 g/mol. The van der Waals surface area contributed by atoms with Gasteiger partial charge in [-0.3, -0.25) is 0 Å². The minimum Gasteiger partial charge on any atom is -0.396 e. The first-order valence-electron chi connectivity index (χ1n) is 6.78. The summed E-state index contributed by atoms with van der Waals surface area (Å²) in [6, 6.07) is 8.92. The van der Waals surface area contributed by atoms with Crippen molar-refractivity contribution in [1.29, 1.82) is 0 Å². The monoisotopic (exact) mass is 233 g/mol. The van der Waals surface area contributed by atoms with Crippen molar-refractivity contribution in [3.8, 4) is 0 Å². The van der Waals surface area contributed by atoms with Crippen LogP contribution < -0.4 is 5.32 Å². The lowest BCUT2D eigenvalue weighted by molar-refractivity contribution is 0.288. The molecule has 2 heteroatoms. The van der Waals surface area contributed by atoms with Gasteiger partial charge in [-0.2, -0.15) is 0 Å². The molecule has 1 heterocycles. The third kappa shape index (κ3) is 4.14. The van der Waals surface area contributed by atoms with Gasteiger partial charge in [-0.05, 0) is 62.2 Å². The van der Waals surface area contributed by atoms with Crippen molar-refractivity contribution in [2.45, 2.75) is 32.1 Å². The number of nitrogens with one attached hydrogen (secondary N) is 1. The van der Waals surface area contributed by atoms with Crippen molar-refractivity contribution in [2.75, 3.05) is 19.7 Å². The van der Waals surface area contributed by atoms with Gasteiger partial charge >= 0.3 is 0 Å². The minimum absolute atomic E-state index is 0.287. The lowest BCUT2D eigenvalue weighted by atomic mass is 9.92. The SMILES string of the molecule is OCCCc1ccc(CC2CCCNC2)cc1. The minimum atomic E-state index is 0.287. The van der Waals surface area contributed by atoms with E-state index in [1.165, 1.54) is 43.5 Å². The van der Waals surface area contributed by atoms with Crippen LogP contribution in [-0.4, -0.2) is 24.8 Å². The number of aliphatic hydroxyl groups is 1. The molecule has 2 rings (SSSR count). The second-order valence-corrected chi connectivity index (χ2v) is 5.06. The Morgan fingerprint density at radius 3 is 2.59 bits per heavy atom. The number of hydrogen-bond acceptors (Lipinski definition) is 2. The van der Waals surface area contributed by atoms with E-state index in [2.05, 4.69) is 29.6 Å². The first-order valence-corrected chi connectivity index (χ1v) is 6.78. The molecule has 0 spiro atoms. The quantitative estimate of drug-likeness (QED) is 0.817. The van der Waals surface area contributed by atoms with Crippen LogP contribution >= 0.6 is 0 Å². The second-order valence-electron chi connectivity index (χ2n) is 5.06. The van der Waals surface area contributed by atoms with Crippen LogP contribution in [0.4, 0.5) is 0 Å². The zero-order valence-electron chi connectivity index (χ0n) is 10.5. The number of benzene rings is 1. The molecule has 1 atom stereocenters. The van der Waals surface area contributed by atoms with Crippen molar-refractivity contribution >= 4 is 0 Å². The van der Waals surface area contributed by atoms with Crippen molar-refractivity contribution in [3.63, 3.8) is 0 Å². The number of aliphatic hydroxyl groups excluding tert-OH is 1. The van der Waals surface area contributed by atoms with Crippen LogP contribution in [0.25, 0.3) is 0 Å². The lowest BCUT2D eigenvalue weighted by Gasteiger charge is -2.22. The number of hydrogen-bond donors (Lipinski definition) is 2. The molecule has 0 saturated carbocycles. The molecule has 0 bridgehead atoms. The fourth-order valence-electron chi connectivity index (χ4n) is 2.56. The summed E-state index contributed by atoms with van der Waals surface area (Å²) in [5.41, 5.74) is 2.79. The molecule has 17 heavy (non-hydrogen) atoms. The van der Waals surface area contributed by atoms with E-state index in [-0.39, 0.29) is 6.61 Å². The standard InChI is InChI=1S/C15H23NO/c17-10-2-4-13-5-7-14(8-6-13)11-15-3-1-9-16-12-15/h5-8,15-17H,1-4,9-12H2. The molecule has 1 aromatic rings. The maximum absolute atomic E-state index is 8.79. The molecule has 0 radical (unpaired) electrons. The van der Waals surface area contributed by atoms with Crippen LogP contribution in [0.1, 0.15) is 30.4 Å². The molecule has 1 aliphatic rings. The highest BCUT2D eigenvalue weighted by Crippen LogP contribution is 2.17. The van der Waals surface area contributed by atoms with Crippen LogP contribution in [0.2, 0.25) is 0 Å². The Morgan fingerprint density at radius 2 is 1.94 bits per heavy atom. The van der Waals surface area contributed by atoms with Crippen LogP contribution in [0, 0.1) is 5.92 Å². The molecular formula is C15H23NO. The molecule has 1 aliphatic heterocycles. The summed E-state index contributed by atoms with van der Waals surface area (Å²) >= 11 is 0. The first-order chi connectivity index (χ1) is 8.38. The zero-order chi connectivity index (χ0) is 11.9. The van der Waals surface area contributed by atoms with Gasteiger partial charge in [0, 0.05) is 6.61 Å². The number of aryl methyl sites for hydroxylation is 1. The van der Waals surface area contributed by atoms with E-state index < -0.39 is 0 Å². The van der Waals surface area contributed by atoms with Crippen molar-refractivity contribution in [3.05, 3.63) is 35.4 Å². The molecule has 1 saturated heterocycles. The molecule has 94 valence electrons. The van der Waals surface area contributed by atoms with Gasteiger partial charge in [-0.25, -0.2) is 0 Å². The summed E-state index contributed by atoms with van der Waals surface area (Å²) in [7, 11) is 0. The predicted octanol–water partition coefficient (Wildman–Crippen LogP) is 2.15. The molecule has 2 N–H and O–H groups in total. The van der Waals surface area contributed by atoms with Gasteiger partial charge in [0.25, 0.3) is 0 Å². The second kappa shape index (κ2) is 6.77. The van der Waals surface area contributed by atoms with E-state index in [4.69, 9.17) is 5.11 Å². The van der Waals surface area contributed by atoms with E-state index in [1.807, 2.05) is 0 Å². The van der Waals surface area contributed by atoms with Crippen LogP contribution in [0.3, 0.4) is 0 Å².